The van der Waals surface area contributed by atoms with Crippen LogP contribution in [0.5, 0.6) is 5.75 Å². The van der Waals surface area contributed by atoms with Gasteiger partial charge in [0.05, 0.1) is 30.0 Å². The van der Waals surface area contributed by atoms with Gasteiger partial charge in [0.1, 0.15) is 18.1 Å². The van der Waals surface area contributed by atoms with Crippen molar-refractivity contribution in [3.63, 3.8) is 0 Å². The Kier molecular flexibility index (Phi) is 4.18. The summed E-state index contributed by atoms with van der Waals surface area (Å²) < 4.78 is 12.9. The molecule has 26 heavy (non-hydrogen) atoms. The molecule has 0 amide bonds. The number of hydrogen-bond acceptors (Lipinski definition) is 6. The fourth-order valence-corrected chi connectivity index (χ4v) is 2.79. The lowest BCUT2D eigenvalue weighted by Gasteiger charge is -2.10. The second-order valence-corrected chi connectivity index (χ2v) is 5.62. The third-order valence-electron chi connectivity index (χ3n) is 3.98. The summed E-state index contributed by atoms with van der Waals surface area (Å²) in [6.07, 6.45) is 7.99. The van der Waals surface area contributed by atoms with E-state index in [0.29, 0.717) is 41.1 Å². The van der Waals surface area contributed by atoms with Crippen LogP contribution in [-0.4, -0.2) is 32.1 Å². The minimum Gasteiger partial charge on any atom is -0.492 e. The second kappa shape index (κ2) is 6.79. The van der Waals surface area contributed by atoms with Crippen LogP contribution < -0.4 is 4.74 Å². The Morgan fingerprint density at radius 3 is 2.81 bits per heavy atom. The molecule has 0 spiro atoms. The van der Waals surface area contributed by atoms with Crippen molar-refractivity contribution in [3.05, 3.63) is 72.2 Å². The molecule has 0 unspecified atom stereocenters. The van der Waals surface area contributed by atoms with E-state index >= 15 is 0 Å². The predicted octanol–water partition coefficient (Wildman–Crippen LogP) is 3.10. The Balaban J connectivity index is 1.80. The van der Waals surface area contributed by atoms with Gasteiger partial charge < -0.3 is 9.15 Å². The van der Waals surface area contributed by atoms with Gasteiger partial charge in [0.25, 0.3) is 0 Å². The maximum absolute atomic E-state index is 12.9. The minimum absolute atomic E-state index is 0.163. The number of ether oxygens (including phenoxy) is 1. The molecule has 130 valence electrons. The molecule has 4 rings (SSSR count). The summed E-state index contributed by atoms with van der Waals surface area (Å²) in [7, 11) is 0. The molecule has 0 atom stereocenters. The van der Waals surface area contributed by atoms with Crippen LogP contribution in [0.15, 0.2) is 59.7 Å². The summed E-state index contributed by atoms with van der Waals surface area (Å²) in [6.45, 7) is 2.76. The minimum atomic E-state index is -0.163. The van der Waals surface area contributed by atoms with Gasteiger partial charge in [-0.25, -0.2) is 9.67 Å². The number of aromatic nitrogens is 4. The van der Waals surface area contributed by atoms with E-state index in [0.717, 1.165) is 5.76 Å². The van der Waals surface area contributed by atoms with Crippen molar-refractivity contribution in [2.24, 2.45) is 0 Å². The first-order chi connectivity index (χ1) is 12.8. The van der Waals surface area contributed by atoms with Gasteiger partial charge in [0.15, 0.2) is 11.4 Å². The number of rotatable bonds is 6. The number of carbonyl (C=O) groups excluding carboxylic acids is 1. The lowest BCUT2D eigenvalue weighted by atomic mass is 10.0. The van der Waals surface area contributed by atoms with Crippen molar-refractivity contribution in [3.8, 4) is 5.75 Å². The number of pyridine rings is 2. The van der Waals surface area contributed by atoms with Gasteiger partial charge in [-0.05, 0) is 31.2 Å². The maximum atomic E-state index is 12.9. The Labute approximate surface area is 149 Å². The molecule has 0 bridgehead atoms. The van der Waals surface area contributed by atoms with Gasteiger partial charge in [-0.3, -0.25) is 9.78 Å². The van der Waals surface area contributed by atoms with Crippen LogP contribution >= 0.6 is 0 Å². The molecule has 7 heteroatoms. The van der Waals surface area contributed by atoms with E-state index in [1.165, 1.54) is 6.20 Å². The molecule has 0 aliphatic carbocycles. The predicted molar refractivity (Wildman–Crippen MR) is 94.2 cm³/mol. The fraction of sp³-hybridized carbons (Fsp3) is 0.158. The summed E-state index contributed by atoms with van der Waals surface area (Å²) in [5, 5.41) is 5.07. The van der Waals surface area contributed by atoms with Crippen LogP contribution in [0.2, 0.25) is 0 Å². The van der Waals surface area contributed by atoms with Crippen LogP contribution in [0.25, 0.3) is 11.0 Å². The zero-order valence-electron chi connectivity index (χ0n) is 14.1. The largest absolute Gasteiger partial charge is 0.492 e. The highest BCUT2D eigenvalue weighted by Gasteiger charge is 2.20. The van der Waals surface area contributed by atoms with Gasteiger partial charge in [0, 0.05) is 24.2 Å². The molecule has 0 radical (unpaired) electrons. The third kappa shape index (κ3) is 2.83. The number of furan rings is 1. The molecule has 0 saturated heterocycles. The number of carbonyl (C=O) groups is 1. The number of ketones is 1. The summed E-state index contributed by atoms with van der Waals surface area (Å²) in [6, 6.07) is 7.04. The van der Waals surface area contributed by atoms with E-state index in [-0.39, 0.29) is 5.78 Å². The van der Waals surface area contributed by atoms with Crippen LogP contribution in [0.3, 0.4) is 0 Å². The molecule has 0 aromatic carbocycles. The van der Waals surface area contributed by atoms with Crippen LogP contribution in [0.4, 0.5) is 0 Å². The summed E-state index contributed by atoms with van der Waals surface area (Å²) in [5.41, 5.74) is 1.57. The van der Waals surface area contributed by atoms with Gasteiger partial charge >= 0.3 is 0 Å². The summed E-state index contributed by atoms with van der Waals surface area (Å²) in [4.78, 5) is 21.3. The Hall–Kier alpha value is -3.48. The first-order valence-corrected chi connectivity index (χ1v) is 8.22. The third-order valence-corrected chi connectivity index (χ3v) is 3.98. The van der Waals surface area contributed by atoms with E-state index in [1.54, 1.807) is 41.7 Å². The molecule has 0 fully saturated rings. The standard InChI is InChI=1S/C19H16N4O3/c1-2-25-18-15(17(24)13-5-7-20-8-6-13)10-21-19-16(18)11-22-23(19)12-14-4-3-9-26-14/h3-11H,2,12H2,1H3. The first-order valence-electron chi connectivity index (χ1n) is 8.22. The van der Waals surface area contributed by atoms with Crippen LogP contribution in [0.1, 0.15) is 28.6 Å². The lowest BCUT2D eigenvalue weighted by molar-refractivity contribution is 0.103. The fourth-order valence-electron chi connectivity index (χ4n) is 2.79. The second-order valence-electron chi connectivity index (χ2n) is 5.62. The average Bonchev–Trinajstić information content (AvgIpc) is 3.33. The van der Waals surface area contributed by atoms with E-state index in [9.17, 15) is 4.79 Å². The molecule has 4 aromatic heterocycles. The quantitative estimate of drug-likeness (QED) is 0.498. The molecule has 0 aliphatic heterocycles. The van der Waals surface area contributed by atoms with Crippen molar-refractivity contribution in [2.75, 3.05) is 6.61 Å². The molecular weight excluding hydrogens is 332 g/mol. The molecule has 4 heterocycles. The number of hydrogen-bond donors (Lipinski definition) is 0. The number of fused-ring (bicyclic) bond motifs is 1. The normalized spacial score (nSPS) is 11.0. The lowest BCUT2D eigenvalue weighted by Crippen LogP contribution is -2.08. The van der Waals surface area contributed by atoms with Gasteiger partial charge in [-0.2, -0.15) is 5.10 Å². The number of nitrogens with zero attached hydrogens (tertiary/aromatic N) is 4. The highest BCUT2D eigenvalue weighted by atomic mass is 16.5. The van der Waals surface area contributed by atoms with Gasteiger partial charge in [-0.1, -0.05) is 0 Å². The van der Waals surface area contributed by atoms with Crippen molar-refractivity contribution in [1.82, 2.24) is 19.7 Å². The molecule has 4 aromatic rings. The Morgan fingerprint density at radius 2 is 2.08 bits per heavy atom. The topological polar surface area (TPSA) is 83.0 Å². The van der Waals surface area contributed by atoms with E-state index in [4.69, 9.17) is 9.15 Å². The zero-order chi connectivity index (χ0) is 17.9. The smallest absolute Gasteiger partial charge is 0.198 e. The molecule has 7 nitrogen and oxygen atoms in total. The SMILES string of the molecule is CCOc1c(C(=O)c2ccncc2)cnc2c1cnn2Cc1ccco1. The molecule has 0 N–H and O–H groups in total. The first kappa shape index (κ1) is 16.0. The Morgan fingerprint density at radius 1 is 1.23 bits per heavy atom. The molecular formula is C19H16N4O3. The van der Waals surface area contributed by atoms with Crippen molar-refractivity contribution < 1.29 is 13.9 Å². The monoisotopic (exact) mass is 348 g/mol. The zero-order valence-corrected chi connectivity index (χ0v) is 14.1. The van der Waals surface area contributed by atoms with Gasteiger partial charge in [0.2, 0.25) is 0 Å². The molecule has 0 aliphatic rings. The Bertz CT molecular complexity index is 1040. The van der Waals surface area contributed by atoms with Crippen molar-refractivity contribution in [2.45, 2.75) is 13.5 Å². The molecule has 0 saturated carbocycles. The summed E-state index contributed by atoms with van der Waals surface area (Å²) >= 11 is 0. The van der Waals surface area contributed by atoms with Crippen LogP contribution in [-0.2, 0) is 6.54 Å². The van der Waals surface area contributed by atoms with E-state index in [1.807, 2.05) is 19.1 Å². The van der Waals surface area contributed by atoms with Gasteiger partial charge in [-0.15, -0.1) is 0 Å². The highest BCUT2D eigenvalue weighted by molar-refractivity contribution is 6.12. The van der Waals surface area contributed by atoms with Crippen molar-refractivity contribution in [1.29, 1.82) is 0 Å². The van der Waals surface area contributed by atoms with E-state index < -0.39 is 0 Å². The maximum Gasteiger partial charge on any atom is 0.198 e. The van der Waals surface area contributed by atoms with Crippen molar-refractivity contribution >= 4 is 16.8 Å². The average molecular weight is 348 g/mol. The van der Waals surface area contributed by atoms with Crippen LogP contribution in [0, 0.1) is 0 Å². The highest BCUT2D eigenvalue weighted by Crippen LogP contribution is 2.30. The summed E-state index contributed by atoms with van der Waals surface area (Å²) in [5.74, 6) is 1.10. The van der Waals surface area contributed by atoms with E-state index in [2.05, 4.69) is 15.1 Å².